The van der Waals surface area contributed by atoms with Gasteiger partial charge in [0.15, 0.2) is 11.6 Å². The van der Waals surface area contributed by atoms with Crippen molar-refractivity contribution in [2.24, 2.45) is 0 Å². The number of ether oxygens (including phenoxy) is 1. The van der Waals surface area contributed by atoms with Gasteiger partial charge in [0.2, 0.25) is 10.0 Å². The van der Waals surface area contributed by atoms with Gasteiger partial charge in [0.1, 0.15) is 5.54 Å². The predicted octanol–water partition coefficient (Wildman–Crippen LogP) is 1.07. The first-order valence-electron chi connectivity index (χ1n) is 5.99. The second kappa shape index (κ2) is 5.82. The van der Waals surface area contributed by atoms with Gasteiger partial charge >= 0.3 is 5.97 Å². The van der Waals surface area contributed by atoms with Gasteiger partial charge in [-0.2, -0.15) is 16.5 Å². The molecule has 1 unspecified atom stereocenters. The third-order valence-corrected chi connectivity index (χ3v) is 5.92. The Bertz CT molecular complexity index is 656. The summed E-state index contributed by atoms with van der Waals surface area (Å²) in [6.45, 7) is 0. The summed E-state index contributed by atoms with van der Waals surface area (Å²) in [5, 5.41) is 9.28. The Morgan fingerprint density at radius 2 is 2.24 bits per heavy atom. The topological polar surface area (TPSA) is 92.7 Å². The smallest absolute Gasteiger partial charge is 0.325 e. The number of carbonyl (C=O) groups is 1. The van der Waals surface area contributed by atoms with Crippen LogP contribution in [0.25, 0.3) is 0 Å². The largest absolute Gasteiger partial charge is 0.494 e. The van der Waals surface area contributed by atoms with Gasteiger partial charge in [-0.05, 0) is 30.4 Å². The molecule has 0 bridgehead atoms. The predicted molar refractivity (Wildman–Crippen MR) is 75.6 cm³/mol. The average Bonchev–Trinajstić information content (AvgIpc) is 2.87. The third-order valence-electron chi connectivity index (χ3n) is 3.19. The van der Waals surface area contributed by atoms with Crippen LogP contribution in [0, 0.1) is 5.82 Å². The molecule has 0 saturated carbocycles. The normalized spacial score (nSPS) is 22.2. The van der Waals surface area contributed by atoms with Crippen molar-refractivity contribution in [3.8, 4) is 5.75 Å². The van der Waals surface area contributed by atoms with Gasteiger partial charge in [0.25, 0.3) is 0 Å². The van der Waals surface area contributed by atoms with Crippen LogP contribution in [-0.4, -0.2) is 43.6 Å². The highest BCUT2D eigenvalue weighted by atomic mass is 32.2. The molecule has 0 radical (unpaired) electrons. The highest BCUT2D eigenvalue weighted by molar-refractivity contribution is 7.99. The lowest BCUT2D eigenvalue weighted by Crippen LogP contribution is -2.54. The zero-order valence-corrected chi connectivity index (χ0v) is 12.8. The lowest BCUT2D eigenvalue weighted by atomic mass is 10.0. The fourth-order valence-corrected chi connectivity index (χ4v) is 4.80. The number of rotatable bonds is 5. The Labute approximate surface area is 125 Å². The molecular formula is C12H14FNO5S2. The molecule has 1 saturated heterocycles. The van der Waals surface area contributed by atoms with E-state index in [1.54, 1.807) is 0 Å². The van der Waals surface area contributed by atoms with Crippen LogP contribution in [0.4, 0.5) is 4.39 Å². The molecule has 6 nitrogen and oxygen atoms in total. The number of aliphatic carboxylic acids is 1. The summed E-state index contributed by atoms with van der Waals surface area (Å²) in [6.07, 6.45) is 0.185. The van der Waals surface area contributed by atoms with Crippen LogP contribution >= 0.6 is 11.8 Å². The molecule has 0 aromatic heterocycles. The first-order valence-corrected chi connectivity index (χ1v) is 8.63. The molecule has 1 aromatic carbocycles. The van der Waals surface area contributed by atoms with E-state index in [1.807, 2.05) is 0 Å². The molecule has 1 aliphatic rings. The van der Waals surface area contributed by atoms with Gasteiger partial charge in [-0.15, -0.1) is 0 Å². The SMILES string of the molecule is COc1ccc(S(=O)(=O)NC2(C(=O)O)CCSC2)cc1F. The number of hydrogen-bond donors (Lipinski definition) is 2. The van der Waals surface area contributed by atoms with Crippen molar-refractivity contribution in [3.05, 3.63) is 24.0 Å². The quantitative estimate of drug-likeness (QED) is 0.836. The van der Waals surface area contributed by atoms with Gasteiger partial charge in [-0.1, -0.05) is 0 Å². The van der Waals surface area contributed by atoms with Crippen molar-refractivity contribution in [2.75, 3.05) is 18.6 Å². The first-order chi connectivity index (χ1) is 9.81. The van der Waals surface area contributed by atoms with E-state index in [9.17, 15) is 22.7 Å². The molecule has 9 heteroatoms. The van der Waals surface area contributed by atoms with Gasteiger partial charge in [-0.25, -0.2) is 12.8 Å². The van der Waals surface area contributed by atoms with Crippen LogP contribution in [0.2, 0.25) is 0 Å². The van der Waals surface area contributed by atoms with Crippen molar-refractivity contribution in [1.82, 2.24) is 4.72 Å². The molecule has 116 valence electrons. The van der Waals surface area contributed by atoms with Crippen LogP contribution in [0.3, 0.4) is 0 Å². The van der Waals surface area contributed by atoms with Crippen LogP contribution in [0.15, 0.2) is 23.1 Å². The minimum absolute atomic E-state index is 0.0849. The van der Waals surface area contributed by atoms with Crippen LogP contribution in [-0.2, 0) is 14.8 Å². The van der Waals surface area contributed by atoms with E-state index in [4.69, 9.17) is 4.74 Å². The van der Waals surface area contributed by atoms with Crippen molar-refractivity contribution >= 4 is 27.8 Å². The Kier molecular flexibility index (Phi) is 4.45. The molecule has 21 heavy (non-hydrogen) atoms. The second-order valence-electron chi connectivity index (χ2n) is 4.59. The lowest BCUT2D eigenvalue weighted by molar-refractivity contribution is -0.142. The summed E-state index contributed by atoms with van der Waals surface area (Å²) in [6, 6.07) is 3.15. The molecular weight excluding hydrogens is 321 g/mol. The van der Waals surface area contributed by atoms with Crippen molar-refractivity contribution in [3.63, 3.8) is 0 Å². The first kappa shape index (κ1) is 16.1. The Balaban J connectivity index is 2.34. The number of carboxylic acid groups (broad SMARTS) is 1. The number of nitrogens with one attached hydrogen (secondary N) is 1. The van der Waals surface area contributed by atoms with Crippen LogP contribution in [0.1, 0.15) is 6.42 Å². The minimum Gasteiger partial charge on any atom is -0.494 e. The number of halogens is 1. The van der Waals surface area contributed by atoms with Gasteiger partial charge < -0.3 is 9.84 Å². The van der Waals surface area contributed by atoms with Gasteiger partial charge in [0, 0.05) is 5.75 Å². The van der Waals surface area contributed by atoms with Crippen molar-refractivity contribution in [1.29, 1.82) is 0 Å². The van der Waals surface area contributed by atoms with E-state index in [0.29, 0.717) is 5.75 Å². The highest BCUT2D eigenvalue weighted by Crippen LogP contribution is 2.30. The molecule has 1 atom stereocenters. The molecule has 1 aromatic rings. The molecule has 0 aliphatic carbocycles. The number of thioether (sulfide) groups is 1. The lowest BCUT2D eigenvalue weighted by Gasteiger charge is -2.24. The maximum Gasteiger partial charge on any atom is 0.325 e. The third kappa shape index (κ3) is 3.14. The Morgan fingerprint density at radius 1 is 1.52 bits per heavy atom. The maximum atomic E-state index is 13.6. The highest BCUT2D eigenvalue weighted by Gasteiger charge is 2.45. The second-order valence-corrected chi connectivity index (χ2v) is 7.38. The maximum absolute atomic E-state index is 13.6. The summed E-state index contributed by atoms with van der Waals surface area (Å²) in [5.41, 5.74) is -1.54. The van der Waals surface area contributed by atoms with E-state index in [2.05, 4.69) is 4.72 Å². The van der Waals surface area contributed by atoms with Crippen LogP contribution in [0.5, 0.6) is 5.75 Å². The van der Waals surface area contributed by atoms with E-state index >= 15 is 0 Å². The van der Waals surface area contributed by atoms with E-state index in [1.165, 1.54) is 31.0 Å². The van der Waals surface area contributed by atoms with Crippen molar-refractivity contribution in [2.45, 2.75) is 16.9 Å². The Hall–Kier alpha value is -1.32. The van der Waals surface area contributed by atoms with E-state index in [-0.39, 0.29) is 22.8 Å². The molecule has 1 heterocycles. The number of sulfonamides is 1. The van der Waals surface area contributed by atoms with Gasteiger partial charge in [0.05, 0.1) is 12.0 Å². The zero-order chi connectivity index (χ0) is 15.7. The minimum atomic E-state index is -4.13. The summed E-state index contributed by atoms with van der Waals surface area (Å²) in [5.74, 6) is -1.46. The standard InChI is InChI=1S/C12H14FNO5S2/c1-19-10-3-2-8(6-9(10)13)21(17,18)14-12(11(15)16)4-5-20-7-12/h2-3,6,14H,4-5,7H2,1H3,(H,15,16). The molecule has 0 spiro atoms. The summed E-state index contributed by atoms with van der Waals surface area (Å²) >= 11 is 1.35. The van der Waals surface area contributed by atoms with Crippen molar-refractivity contribution < 1.29 is 27.4 Å². The fourth-order valence-electron chi connectivity index (χ4n) is 1.99. The molecule has 2 N–H and O–H groups in total. The number of carboxylic acids is 1. The summed E-state index contributed by atoms with van der Waals surface area (Å²) < 4.78 is 45.0. The van der Waals surface area contributed by atoms with E-state index in [0.717, 1.165) is 6.07 Å². The number of benzene rings is 1. The molecule has 1 fully saturated rings. The molecule has 2 rings (SSSR count). The number of methoxy groups -OCH3 is 1. The summed E-state index contributed by atoms with van der Waals surface area (Å²) in [4.78, 5) is 11.0. The molecule has 0 amide bonds. The molecule has 1 aliphatic heterocycles. The average molecular weight is 335 g/mol. The van der Waals surface area contributed by atoms with Crippen LogP contribution < -0.4 is 9.46 Å². The van der Waals surface area contributed by atoms with Gasteiger partial charge in [-0.3, -0.25) is 4.79 Å². The number of hydrogen-bond acceptors (Lipinski definition) is 5. The monoisotopic (exact) mass is 335 g/mol. The van der Waals surface area contributed by atoms with E-state index < -0.39 is 27.3 Å². The Morgan fingerprint density at radius 3 is 2.71 bits per heavy atom. The zero-order valence-electron chi connectivity index (χ0n) is 11.1. The fraction of sp³-hybridized carbons (Fsp3) is 0.417. The summed E-state index contributed by atoms with van der Waals surface area (Å²) in [7, 11) is -2.87.